The van der Waals surface area contributed by atoms with Gasteiger partial charge in [-0.2, -0.15) is 0 Å². The van der Waals surface area contributed by atoms with Crippen LogP contribution >= 0.6 is 0 Å². The van der Waals surface area contributed by atoms with E-state index in [0.29, 0.717) is 19.1 Å². The van der Waals surface area contributed by atoms with E-state index in [4.69, 9.17) is 0 Å². The lowest BCUT2D eigenvalue weighted by molar-refractivity contribution is -0.152. The van der Waals surface area contributed by atoms with Gasteiger partial charge in [-0.05, 0) is 18.4 Å². The van der Waals surface area contributed by atoms with E-state index in [1.807, 2.05) is 35.2 Å². The summed E-state index contributed by atoms with van der Waals surface area (Å²) in [6.07, 6.45) is 5.00. The van der Waals surface area contributed by atoms with Gasteiger partial charge in [0.05, 0.1) is 6.54 Å². The molecule has 24 heavy (non-hydrogen) atoms. The Kier molecular flexibility index (Phi) is 5.51. The smallest absolute Gasteiger partial charge is 0.252 e. The SMILES string of the molecule is O=C([C@@H](O)Cc1ccccc1)N1CCN(C2CCCCC2)C(=O)C1. The summed E-state index contributed by atoms with van der Waals surface area (Å²) < 4.78 is 0. The Hall–Kier alpha value is -1.88. The second kappa shape index (κ2) is 7.79. The molecule has 1 saturated heterocycles. The summed E-state index contributed by atoms with van der Waals surface area (Å²) in [4.78, 5) is 28.3. The molecular formula is C19H26N2O3. The first-order chi connectivity index (χ1) is 11.6. The van der Waals surface area contributed by atoms with Crippen LogP contribution in [0.1, 0.15) is 37.7 Å². The molecule has 2 fully saturated rings. The first-order valence-corrected chi connectivity index (χ1v) is 8.95. The maximum Gasteiger partial charge on any atom is 0.252 e. The lowest BCUT2D eigenvalue weighted by atomic mass is 9.93. The van der Waals surface area contributed by atoms with Crippen molar-refractivity contribution in [2.75, 3.05) is 19.6 Å². The molecule has 1 heterocycles. The molecule has 1 aliphatic heterocycles. The fourth-order valence-corrected chi connectivity index (χ4v) is 3.79. The molecule has 5 heteroatoms. The molecule has 0 aromatic heterocycles. The van der Waals surface area contributed by atoms with Gasteiger partial charge in [-0.3, -0.25) is 9.59 Å². The molecule has 130 valence electrons. The van der Waals surface area contributed by atoms with Crippen LogP contribution in [0.4, 0.5) is 0 Å². The predicted octanol–water partition coefficient (Wildman–Crippen LogP) is 1.59. The molecule has 0 radical (unpaired) electrons. The number of carbonyl (C=O) groups is 2. The summed E-state index contributed by atoms with van der Waals surface area (Å²) in [6, 6.07) is 9.81. The zero-order valence-corrected chi connectivity index (χ0v) is 14.1. The van der Waals surface area contributed by atoms with E-state index in [-0.39, 0.29) is 24.8 Å². The van der Waals surface area contributed by atoms with E-state index in [9.17, 15) is 14.7 Å². The molecule has 0 bridgehead atoms. The molecule has 1 aromatic carbocycles. The van der Waals surface area contributed by atoms with E-state index in [1.165, 1.54) is 24.2 Å². The van der Waals surface area contributed by atoms with Crippen molar-refractivity contribution in [1.29, 1.82) is 0 Å². The summed E-state index contributed by atoms with van der Waals surface area (Å²) >= 11 is 0. The van der Waals surface area contributed by atoms with Crippen molar-refractivity contribution in [2.45, 2.75) is 50.7 Å². The van der Waals surface area contributed by atoms with Crippen molar-refractivity contribution < 1.29 is 14.7 Å². The first kappa shape index (κ1) is 17.0. The van der Waals surface area contributed by atoms with Crippen LogP contribution in [-0.4, -0.2) is 58.5 Å². The van der Waals surface area contributed by atoms with Gasteiger partial charge < -0.3 is 14.9 Å². The fraction of sp³-hybridized carbons (Fsp3) is 0.579. The first-order valence-electron chi connectivity index (χ1n) is 8.95. The quantitative estimate of drug-likeness (QED) is 0.912. The summed E-state index contributed by atoms with van der Waals surface area (Å²) in [6.45, 7) is 1.21. The van der Waals surface area contributed by atoms with Crippen LogP contribution in [0, 0.1) is 0 Å². The van der Waals surface area contributed by atoms with Crippen molar-refractivity contribution in [3.63, 3.8) is 0 Å². The average Bonchev–Trinajstić information content (AvgIpc) is 2.62. The van der Waals surface area contributed by atoms with Crippen molar-refractivity contribution in [2.24, 2.45) is 0 Å². The Bertz CT molecular complexity index is 569. The molecule has 0 spiro atoms. The highest BCUT2D eigenvalue weighted by atomic mass is 16.3. The highest BCUT2D eigenvalue weighted by Gasteiger charge is 2.33. The van der Waals surface area contributed by atoms with Crippen molar-refractivity contribution >= 4 is 11.8 Å². The predicted molar refractivity (Wildman–Crippen MR) is 91.3 cm³/mol. The molecule has 3 rings (SSSR count). The average molecular weight is 330 g/mol. The molecule has 2 aliphatic rings. The second-order valence-electron chi connectivity index (χ2n) is 6.84. The highest BCUT2D eigenvalue weighted by molar-refractivity contribution is 5.88. The summed E-state index contributed by atoms with van der Waals surface area (Å²) in [5.41, 5.74) is 0.922. The monoisotopic (exact) mass is 330 g/mol. The largest absolute Gasteiger partial charge is 0.383 e. The standard InChI is InChI=1S/C19H26N2O3/c22-17(13-15-7-3-1-4-8-15)19(24)20-11-12-21(18(23)14-20)16-9-5-2-6-10-16/h1,3-4,7-8,16-17,22H,2,5-6,9-14H2/t17-/m0/s1. The number of amides is 2. The summed E-state index contributed by atoms with van der Waals surface area (Å²) in [5, 5.41) is 10.2. The van der Waals surface area contributed by atoms with Gasteiger partial charge in [0.2, 0.25) is 5.91 Å². The van der Waals surface area contributed by atoms with Gasteiger partial charge in [0.15, 0.2) is 0 Å². The molecule has 1 atom stereocenters. The van der Waals surface area contributed by atoms with Gasteiger partial charge in [-0.15, -0.1) is 0 Å². The minimum Gasteiger partial charge on any atom is -0.383 e. The molecule has 1 aliphatic carbocycles. The zero-order valence-electron chi connectivity index (χ0n) is 14.1. The van der Waals surface area contributed by atoms with E-state index >= 15 is 0 Å². The number of hydrogen-bond donors (Lipinski definition) is 1. The van der Waals surface area contributed by atoms with E-state index in [2.05, 4.69) is 0 Å². The van der Waals surface area contributed by atoms with Crippen LogP contribution in [0.5, 0.6) is 0 Å². The van der Waals surface area contributed by atoms with E-state index in [0.717, 1.165) is 18.4 Å². The van der Waals surface area contributed by atoms with Crippen LogP contribution < -0.4 is 0 Å². The number of aliphatic hydroxyl groups is 1. The molecule has 1 aromatic rings. The van der Waals surface area contributed by atoms with Gasteiger partial charge in [0.25, 0.3) is 5.91 Å². The fourth-order valence-electron chi connectivity index (χ4n) is 3.79. The Labute approximate surface area is 143 Å². The maximum atomic E-state index is 12.4. The number of nitrogens with zero attached hydrogens (tertiary/aromatic N) is 2. The van der Waals surface area contributed by atoms with Crippen molar-refractivity contribution in [3.05, 3.63) is 35.9 Å². The molecule has 1 saturated carbocycles. The normalized spacial score (nSPS) is 21.0. The lowest BCUT2D eigenvalue weighted by Crippen LogP contribution is -2.57. The zero-order chi connectivity index (χ0) is 16.9. The van der Waals surface area contributed by atoms with Gasteiger partial charge >= 0.3 is 0 Å². The van der Waals surface area contributed by atoms with Gasteiger partial charge in [0.1, 0.15) is 6.10 Å². The van der Waals surface area contributed by atoms with Crippen LogP contribution in [0.2, 0.25) is 0 Å². The Morgan fingerprint density at radius 2 is 1.83 bits per heavy atom. The third-order valence-electron chi connectivity index (χ3n) is 5.14. The topological polar surface area (TPSA) is 60.9 Å². The van der Waals surface area contributed by atoms with Crippen LogP contribution in [0.3, 0.4) is 0 Å². The Balaban J connectivity index is 1.54. The molecular weight excluding hydrogens is 304 g/mol. The van der Waals surface area contributed by atoms with Crippen LogP contribution in [0.25, 0.3) is 0 Å². The van der Waals surface area contributed by atoms with E-state index in [1.54, 1.807) is 0 Å². The van der Waals surface area contributed by atoms with Crippen molar-refractivity contribution in [3.8, 4) is 0 Å². The minimum atomic E-state index is -1.08. The summed E-state index contributed by atoms with van der Waals surface area (Å²) in [5.74, 6) is -0.316. The third kappa shape index (κ3) is 3.96. The van der Waals surface area contributed by atoms with E-state index < -0.39 is 6.10 Å². The number of aliphatic hydroxyl groups excluding tert-OH is 1. The lowest BCUT2D eigenvalue weighted by Gasteiger charge is -2.41. The van der Waals surface area contributed by atoms with Gasteiger partial charge in [-0.25, -0.2) is 0 Å². The van der Waals surface area contributed by atoms with Gasteiger partial charge in [0, 0.05) is 25.6 Å². The second-order valence-corrected chi connectivity index (χ2v) is 6.84. The molecule has 0 unspecified atom stereocenters. The number of piperazine rings is 1. The number of benzene rings is 1. The van der Waals surface area contributed by atoms with Crippen LogP contribution in [0.15, 0.2) is 30.3 Å². The Morgan fingerprint density at radius 3 is 2.50 bits per heavy atom. The Morgan fingerprint density at radius 1 is 1.12 bits per heavy atom. The molecule has 2 amide bonds. The third-order valence-corrected chi connectivity index (χ3v) is 5.14. The number of hydrogen-bond acceptors (Lipinski definition) is 3. The maximum absolute atomic E-state index is 12.4. The minimum absolute atomic E-state index is 0.0217. The highest BCUT2D eigenvalue weighted by Crippen LogP contribution is 2.24. The van der Waals surface area contributed by atoms with Crippen molar-refractivity contribution in [1.82, 2.24) is 9.80 Å². The van der Waals surface area contributed by atoms with Gasteiger partial charge in [-0.1, -0.05) is 49.6 Å². The van der Waals surface area contributed by atoms with Crippen LogP contribution in [-0.2, 0) is 16.0 Å². The summed E-state index contributed by atoms with van der Waals surface area (Å²) in [7, 11) is 0. The number of carbonyl (C=O) groups excluding carboxylic acids is 2. The number of rotatable bonds is 4. The molecule has 1 N–H and O–H groups in total. The molecule has 5 nitrogen and oxygen atoms in total.